The van der Waals surface area contributed by atoms with Gasteiger partial charge < -0.3 is 4.90 Å². The van der Waals surface area contributed by atoms with Crippen LogP contribution in [0.5, 0.6) is 0 Å². The summed E-state index contributed by atoms with van der Waals surface area (Å²) >= 11 is 6.55. The molecule has 1 heterocycles. The number of non-ortho nitro benzene ring substituents is 1. The van der Waals surface area contributed by atoms with Crippen molar-refractivity contribution in [1.82, 2.24) is 4.90 Å². The first-order valence-corrected chi connectivity index (χ1v) is 9.55. The fourth-order valence-corrected chi connectivity index (χ4v) is 3.98. The summed E-state index contributed by atoms with van der Waals surface area (Å²) in [6.45, 7) is 2.50. The molecular formula is C22H20ClN3O2. The number of nitrogens with zero attached hydrogens (tertiary/aromatic N) is 3. The van der Waals surface area contributed by atoms with E-state index in [0.29, 0.717) is 0 Å². The third-order valence-corrected chi connectivity index (χ3v) is 5.42. The molecule has 3 aromatic carbocycles. The Hall–Kier alpha value is -2.89. The quantitative estimate of drug-likeness (QED) is 0.437. The van der Waals surface area contributed by atoms with E-state index in [9.17, 15) is 10.1 Å². The molecule has 0 bridgehead atoms. The number of rotatable bonds is 5. The number of anilines is 1. The van der Waals surface area contributed by atoms with Crippen LogP contribution in [0.3, 0.4) is 0 Å². The molecule has 0 unspecified atom stereocenters. The van der Waals surface area contributed by atoms with Gasteiger partial charge in [-0.05, 0) is 23.8 Å². The maximum atomic E-state index is 11.0. The summed E-state index contributed by atoms with van der Waals surface area (Å²) in [5, 5.41) is 11.7. The van der Waals surface area contributed by atoms with E-state index in [2.05, 4.69) is 28.0 Å². The lowest BCUT2D eigenvalue weighted by Crippen LogP contribution is -2.31. The van der Waals surface area contributed by atoms with Gasteiger partial charge in [-0.2, -0.15) is 0 Å². The van der Waals surface area contributed by atoms with Crippen LogP contribution in [0.4, 0.5) is 11.4 Å². The van der Waals surface area contributed by atoms with Crippen LogP contribution in [-0.4, -0.2) is 22.9 Å². The number of benzene rings is 3. The molecular weight excluding hydrogens is 374 g/mol. The molecule has 28 heavy (non-hydrogen) atoms. The lowest BCUT2D eigenvalue weighted by molar-refractivity contribution is -0.384. The molecule has 0 N–H and O–H groups in total. The third-order valence-electron chi connectivity index (χ3n) is 5.07. The maximum Gasteiger partial charge on any atom is 0.269 e. The summed E-state index contributed by atoms with van der Waals surface area (Å²) in [6, 6.07) is 25.0. The van der Waals surface area contributed by atoms with E-state index >= 15 is 0 Å². The number of hydrogen-bond acceptors (Lipinski definition) is 4. The first-order chi connectivity index (χ1) is 13.6. The zero-order chi connectivity index (χ0) is 19.5. The topological polar surface area (TPSA) is 49.6 Å². The van der Waals surface area contributed by atoms with Gasteiger partial charge in [0, 0.05) is 48.0 Å². The SMILES string of the molecule is O=[N+]([O-])c1ccc(N2CCN(Cc3ccccc3)[C@@H]2c2ccccc2Cl)cc1. The lowest BCUT2D eigenvalue weighted by atomic mass is 10.1. The normalized spacial score (nSPS) is 17.0. The van der Waals surface area contributed by atoms with Gasteiger partial charge in [0.2, 0.25) is 0 Å². The van der Waals surface area contributed by atoms with Crippen LogP contribution in [0.1, 0.15) is 17.3 Å². The Morgan fingerprint density at radius 1 is 0.929 bits per heavy atom. The van der Waals surface area contributed by atoms with Crippen molar-refractivity contribution in [2.24, 2.45) is 0 Å². The summed E-state index contributed by atoms with van der Waals surface area (Å²) in [7, 11) is 0. The molecule has 1 aliphatic heterocycles. The molecule has 0 saturated carbocycles. The number of nitro benzene ring substituents is 1. The maximum absolute atomic E-state index is 11.0. The predicted molar refractivity (Wildman–Crippen MR) is 111 cm³/mol. The van der Waals surface area contributed by atoms with Crippen LogP contribution in [0.15, 0.2) is 78.9 Å². The van der Waals surface area contributed by atoms with Gasteiger partial charge in [0.1, 0.15) is 6.17 Å². The molecule has 0 aromatic heterocycles. The molecule has 6 heteroatoms. The first-order valence-electron chi connectivity index (χ1n) is 9.17. The van der Waals surface area contributed by atoms with Crippen molar-refractivity contribution in [1.29, 1.82) is 0 Å². The standard InChI is InChI=1S/C22H20ClN3O2/c23-21-9-5-4-8-20(21)22-24(16-17-6-2-1-3-7-17)14-15-25(22)18-10-12-19(13-11-18)26(27)28/h1-13,22H,14-16H2/t22-/m0/s1. The van der Waals surface area contributed by atoms with Gasteiger partial charge in [-0.25, -0.2) is 0 Å². The van der Waals surface area contributed by atoms with E-state index in [1.807, 2.05) is 48.5 Å². The van der Waals surface area contributed by atoms with Crippen LogP contribution in [-0.2, 0) is 6.54 Å². The average Bonchev–Trinajstić information content (AvgIpc) is 3.12. The zero-order valence-electron chi connectivity index (χ0n) is 15.2. The molecule has 0 radical (unpaired) electrons. The Morgan fingerprint density at radius 2 is 1.61 bits per heavy atom. The van der Waals surface area contributed by atoms with E-state index in [-0.39, 0.29) is 16.8 Å². The van der Waals surface area contributed by atoms with Crippen molar-refractivity contribution >= 4 is 23.0 Å². The minimum absolute atomic E-state index is 0.0321. The van der Waals surface area contributed by atoms with Crippen LogP contribution < -0.4 is 4.90 Å². The largest absolute Gasteiger partial charge is 0.350 e. The molecule has 1 saturated heterocycles. The van der Waals surface area contributed by atoms with E-state index in [1.165, 1.54) is 5.56 Å². The molecule has 5 nitrogen and oxygen atoms in total. The summed E-state index contributed by atoms with van der Waals surface area (Å²) in [6.07, 6.45) is -0.0321. The van der Waals surface area contributed by atoms with Crippen LogP contribution in [0.25, 0.3) is 0 Å². The van der Waals surface area contributed by atoms with Gasteiger partial charge in [0.25, 0.3) is 5.69 Å². The summed E-state index contributed by atoms with van der Waals surface area (Å²) in [4.78, 5) is 15.3. The highest BCUT2D eigenvalue weighted by Gasteiger charge is 2.34. The number of nitro groups is 1. The van der Waals surface area contributed by atoms with Crippen molar-refractivity contribution < 1.29 is 4.92 Å². The van der Waals surface area contributed by atoms with E-state index in [0.717, 1.165) is 35.9 Å². The first kappa shape index (κ1) is 18.5. The predicted octanol–water partition coefficient (Wildman–Crippen LogP) is 5.27. The Kier molecular flexibility index (Phi) is 5.28. The van der Waals surface area contributed by atoms with Gasteiger partial charge in [-0.3, -0.25) is 15.0 Å². The van der Waals surface area contributed by atoms with Crippen LogP contribution in [0.2, 0.25) is 5.02 Å². The zero-order valence-corrected chi connectivity index (χ0v) is 16.0. The fourth-order valence-electron chi connectivity index (χ4n) is 3.75. The highest BCUT2D eigenvalue weighted by Crippen LogP contribution is 2.38. The monoisotopic (exact) mass is 393 g/mol. The van der Waals surface area contributed by atoms with E-state index in [4.69, 9.17) is 11.6 Å². The van der Waals surface area contributed by atoms with E-state index < -0.39 is 0 Å². The van der Waals surface area contributed by atoms with Crippen molar-refractivity contribution in [3.63, 3.8) is 0 Å². The minimum atomic E-state index is -0.374. The van der Waals surface area contributed by atoms with Crippen LogP contribution in [0, 0.1) is 10.1 Å². The second-order valence-electron chi connectivity index (χ2n) is 6.82. The number of halogens is 1. The Morgan fingerprint density at radius 3 is 2.29 bits per heavy atom. The average molecular weight is 394 g/mol. The highest BCUT2D eigenvalue weighted by molar-refractivity contribution is 6.31. The highest BCUT2D eigenvalue weighted by atomic mass is 35.5. The summed E-state index contributed by atoms with van der Waals surface area (Å²) in [5.74, 6) is 0. The molecule has 0 amide bonds. The smallest absolute Gasteiger partial charge is 0.269 e. The molecule has 4 rings (SSSR count). The molecule has 1 aliphatic rings. The molecule has 1 atom stereocenters. The lowest BCUT2D eigenvalue weighted by Gasteiger charge is -2.32. The van der Waals surface area contributed by atoms with E-state index in [1.54, 1.807) is 12.1 Å². The molecule has 1 fully saturated rings. The van der Waals surface area contributed by atoms with Crippen molar-refractivity contribution in [2.75, 3.05) is 18.0 Å². The Balaban J connectivity index is 1.69. The van der Waals surface area contributed by atoms with Gasteiger partial charge >= 0.3 is 0 Å². The Labute approximate surface area is 168 Å². The second kappa shape index (κ2) is 8.00. The van der Waals surface area contributed by atoms with Crippen molar-refractivity contribution in [2.45, 2.75) is 12.7 Å². The fraction of sp³-hybridized carbons (Fsp3) is 0.182. The minimum Gasteiger partial charge on any atom is -0.350 e. The van der Waals surface area contributed by atoms with Crippen LogP contribution >= 0.6 is 11.6 Å². The van der Waals surface area contributed by atoms with Crippen molar-refractivity contribution in [3.8, 4) is 0 Å². The second-order valence-corrected chi connectivity index (χ2v) is 7.23. The molecule has 0 spiro atoms. The number of hydrogen-bond donors (Lipinski definition) is 0. The van der Waals surface area contributed by atoms with Gasteiger partial charge in [-0.15, -0.1) is 0 Å². The summed E-state index contributed by atoms with van der Waals surface area (Å²) < 4.78 is 0. The third kappa shape index (κ3) is 3.72. The summed E-state index contributed by atoms with van der Waals surface area (Å²) in [5.41, 5.74) is 3.32. The molecule has 142 valence electrons. The van der Waals surface area contributed by atoms with Gasteiger partial charge in [0.05, 0.1) is 4.92 Å². The molecule has 3 aromatic rings. The Bertz CT molecular complexity index is 963. The van der Waals surface area contributed by atoms with Gasteiger partial charge in [0.15, 0.2) is 0 Å². The van der Waals surface area contributed by atoms with Gasteiger partial charge in [-0.1, -0.05) is 60.1 Å². The molecule has 0 aliphatic carbocycles. The van der Waals surface area contributed by atoms with Crippen molar-refractivity contribution in [3.05, 3.63) is 105 Å².